The van der Waals surface area contributed by atoms with Crippen LogP contribution in [-0.4, -0.2) is 115 Å². The van der Waals surface area contributed by atoms with Crippen LogP contribution in [0.5, 0.6) is 12.0 Å². The minimum absolute atomic E-state index is 0.00162. The number of aromatic nitrogens is 8. The van der Waals surface area contributed by atoms with E-state index < -0.39 is 23.7 Å². The minimum Gasteiger partial charge on any atom is -0.480 e. The third-order valence-electron chi connectivity index (χ3n) is 10.5. The Morgan fingerprint density at radius 1 is 0.761 bits per heavy atom. The van der Waals surface area contributed by atoms with Crippen molar-refractivity contribution >= 4 is 80.5 Å². The number of isothiocyanates is 1. The van der Waals surface area contributed by atoms with E-state index in [1.54, 1.807) is 20.8 Å². The van der Waals surface area contributed by atoms with Crippen molar-refractivity contribution in [2.45, 2.75) is 110 Å². The van der Waals surface area contributed by atoms with Gasteiger partial charge in [-0.1, -0.05) is 73.6 Å². The van der Waals surface area contributed by atoms with E-state index in [0.717, 1.165) is 59.2 Å². The second-order valence-corrected chi connectivity index (χ2v) is 18.0. The summed E-state index contributed by atoms with van der Waals surface area (Å²) in [6, 6.07) is 14.7. The minimum atomic E-state index is -1.08. The number of hydrogen-bond acceptors (Lipinski definition) is 18. The van der Waals surface area contributed by atoms with Gasteiger partial charge in [0.25, 0.3) is 0 Å². The van der Waals surface area contributed by atoms with Crippen LogP contribution in [0.4, 0.5) is 16.4 Å². The molecule has 0 radical (unpaired) electrons. The number of ether oxygens (including phenoxy) is 3. The number of nitrogens with one attached hydrogen (secondary N) is 3. The number of aliphatic carboxylic acids is 1. The van der Waals surface area contributed by atoms with Gasteiger partial charge in [0.1, 0.15) is 22.7 Å². The zero-order valence-electron chi connectivity index (χ0n) is 39.8. The predicted molar refractivity (Wildman–Crippen MR) is 274 cm³/mol. The normalized spacial score (nSPS) is 11.6. The molecule has 0 fully saturated rings. The number of imidazole rings is 2. The summed E-state index contributed by atoms with van der Waals surface area (Å²) in [6.07, 6.45) is 5.05. The van der Waals surface area contributed by atoms with Crippen molar-refractivity contribution < 1.29 is 39.1 Å². The number of nitrogens with zero attached hydrogens (tertiary/aromatic N) is 7. The molecule has 0 spiro atoms. The molecule has 22 nitrogen and oxygen atoms in total. The number of aryl methyl sites for hydroxylation is 1. The van der Waals surface area contributed by atoms with Gasteiger partial charge in [-0.05, 0) is 92.2 Å². The molecule has 1 amide bonds. The van der Waals surface area contributed by atoms with Crippen molar-refractivity contribution in [3.63, 3.8) is 0 Å². The number of aromatic amines is 2. The number of benzene rings is 2. The van der Waals surface area contributed by atoms with Crippen LogP contribution >= 0.6 is 24.4 Å². The summed E-state index contributed by atoms with van der Waals surface area (Å²) in [5, 5.41) is 32.0. The van der Waals surface area contributed by atoms with Gasteiger partial charge in [-0.3, -0.25) is 9.13 Å². The van der Waals surface area contributed by atoms with Crippen molar-refractivity contribution in [2.75, 3.05) is 37.9 Å². The highest BCUT2D eigenvalue weighted by molar-refractivity contribution is 7.80. The van der Waals surface area contributed by atoms with E-state index in [4.69, 9.17) is 48.1 Å². The number of amides is 1. The molecule has 0 saturated carbocycles. The van der Waals surface area contributed by atoms with Crippen molar-refractivity contribution in [1.82, 2.24) is 44.4 Å². The van der Waals surface area contributed by atoms with Crippen LogP contribution in [0.25, 0.3) is 22.3 Å². The first-order chi connectivity index (χ1) is 34.0. The maximum Gasteiger partial charge on any atom is 0.408 e. The molecule has 24 heteroatoms. The quantitative estimate of drug-likeness (QED) is 0.0216. The van der Waals surface area contributed by atoms with E-state index in [1.807, 2.05) is 48.5 Å². The van der Waals surface area contributed by atoms with Gasteiger partial charge in [-0.25, -0.2) is 24.2 Å². The molecule has 2 aromatic carbocycles. The lowest BCUT2D eigenvalue weighted by Gasteiger charge is -2.22. The second-order valence-electron chi connectivity index (χ2n) is 17.3. The molecule has 0 bridgehead atoms. The van der Waals surface area contributed by atoms with Gasteiger partial charge in [0, 0.05) is 26.1 Å². The van der Waals surface area contributed by atoms with Crippen LogP contribution in [-0.2, 0) is 35.6 Å². The highest BCUT2D eigenvalue weighted by atomic mass is 32.1. The Morgan fingerprint density at radius 2 is 1.25 bits per heavy atom. The van der Waals surface area contributed by atoms with Crippen LogP contribution in [0.3, 0.4) is 0 Å². The molecule has 0 aliphatic carbocycles. The number of thiocarbonyl (C=S) groups is 2. The number of aliphatic hydroxyl groups excluding tert-OH is 2. The van der Waals surface area contributed by atoms with Gasteiger partial charge in [0.05, 0.1) is 38.0 Å². The zero-order chi connectivity index (χ0) is 51.5. The molecular weight excluding hydrogens is 957 g/mol. The van der Waals surface area contributed by atoms with Gasteiger partial charge < -0.3 is 56.3 Å². The van der Waals surface area contributed by atoms with Crippen LogP contribution in [0.1, 0.15) is 94.4 Å². The smallest absolute Gasteiger partial charge is 0.408 e. The van der Waals surface area contributed by atoms with Crippen molar-refractivity contribution in [3.8, 4) is 12.0 Å². The molecule has 71 heavy (non-hydrogen) atoms. The summed E-state index contributed by atoms with van der Waals surface area (Å²) in [7, 11) is 0. The zero-order valence-corrected chi connectivity index (χ0v) is 41.4. The number of unbranched alkanes of at least 4 members (excludes halogenated alkanes) is 2. The largest absolute Gasteiger partial charge is 0.480 e. The number of H-pyrrole nitrogens is 2. The molecule has 4 heterocycles. The summed E-state index contributed by atoms with van der Waals surface area (Å²) in [4.78, 5) is 75.3. The Bertz CT molecular complexity index is 2910. The fraction of sp³-hybridized carbons (Fsp3) is 0.447. The number of aliphatic imine (C=N–C) groups is 1. The van der Waals surface area contributed by atoms with Crippen LogP contribution in [0.15, 0.2) is 63.1 Å². The summed E-state index contributed by atoms with van der Waals surface area (Å²) < 4.78 is 18.9. The first kappa shape index (κ1) is 54.8. The van der Waals surface area contributed by atoms with E-state index in [1.165, 1.54) is 9.13 Å². The van der Waals surface area contributed by atoms with E-state index >= 15 is 0 Å². The van der Waals surface area contributed by atoms with Crippen LogP contribution in [0.2, 0.25) is 0 Å². The molecule has 0 aliphatic heterocycles. The number of carboxylic acids is 1. The Morgan fingerprint density at radius 3 is 1.72 bits per heavy atom. The molecule has 380 valence electrons. The Hall–Kier alpha value is -7.11. The highest BCUT2D eigenvalue weighted by Gasteiger charge is 2.24. The maximum absolute atomic E-state index is 12.6. The number of alkyl carbamates (subject to hydrolysis) is 1. The predicted octanol–water partition coefficient (Wildman–Crippen LogP) is 4.86. The van der Waals surface area contributed by atoms with E-state index in [-0.39, 0.29) is 68.0 Å². The van der Waals surface area contributed by atoms with Gasteiger partial charge in [-0.15, -0.1) is 0 Å². The SMILES string of the molecule is CC(C)(C)OC(=O)NC(CCCCCC(=S)CCc1ccc(Cn2c(=O)[nH]c3c(N)nc(OCCCO)nc32)cc1)C(=O)O.Nc1nc(OCCCO)nc2c1[nH]c(=O)n2Cc1ccc(CN=C=S)cc1. The molecule has 0 saturated heterocycles. The molecule has 0 aliphatic rings. The van der Waals surface area contributed by atoms with Crippen LogP contribution in [0, 0.1) is 0 Å². The summed E-state index contributed by atoms with van der Waals surface area (Å²) in [6.45, 7) is 6.67. The fourth-order valence-electron chi connectivity index (χ4n) is 6.95. The number of fused-ring (bicyclic) bond motifs is 2. The number of aliphatic hydroxyl groups is 2. The Labute approximate surface area is 418 Å². The third-order valence-corrected chi connectivity index (χ3v) is 11.0. The average Bonchev–Trinajstić information content (AvgIpc) is 3.81. The topological polar surface area (TPSA) is 326 Å². The Kier molecular flexibility index (Phi) is 20.7. The number of rotatable bonds is 25. The summed E-state index contributed by atoms with van der Waals surface area (Å²) in [5.74, 6) is -0.849. The second kappa shape index (κ2) is 26.8. The molecule has 6 rings (SSSR count). The lowest BCUT2D eigenvalue weighted by molar-refractivity contribution is -0.139. The Balaban J connectivity index is 0.000000295. The number of carboxylic acid groups (broad SMARTS) is 1. The molecule has 1 unspecified atom stereocenters. The number of nitrogen functional groups attached to an aromatic ring is 2. The summed E-state index contributed by atoms with van der Waals surface area (Å²) >= 11 is 10.1. The lowest BCUT2D eigenvalue weighted by Crippen LogP contribution is -2.43. The van der Waals surface area contributed by atoms with Gasteiger partial charge in [0.15, 0.2) is 22.9 Å². The number of hydrogen-bond donors (Lipinski definition) is 8. The van der Waals surface area contributed by atoms with Gasteiger partial charge >= 0.3 is 35.5 Å². The number of carbonyl (C=O) groups is 2. The van der Waals surface area contributed by atoms with Crippen molar-refractivity contribution in [1.29, 1.82) is 0 Å². The van der Waals surface area contributed by atoms with Crippen LogP contribution < -0.4 is 37.6 Å². The average molecular weight is 1020 g/mol. The van der Waals surface area contributed by atoms with Crippen molar-refractivity contribution in [3.05, 3.63) is 91.8 Å². The molecular formula is C47H60N12O10S2. The monoisotopic (exact) mass is 1020 g/mol. The lowest BCUT2D eigenvalue weighted by atomic mass is 10.0. The van der Waals surface area contributed by atoms with E-state index in [2.05, 4.69) is 57.6 Å². The third kappa shape index (κ3) is 17.1. The molecule has 6 aromatic rings. The molecule has 10 N–H and O–H groups in total. The number of nitrogens with two attached hydrogens (primary N) is 2. The number of anilines is 2. The maximum atomic E-state index is 12.6. The first-order valence-corrected chi connectivity index (χ1v) is 23.7. The standard InChI is InChI=1S/C30H42N6O7S.C17H18N6O3S/c1-30(2,3)43-29(41)32-22(26(38)39)9-6-4-5-8-21(44)15-14-19-10-12-20(13-11-19)18-36-25-23(33-28(36)40)24(31)34-27(35-25)42-17-7-16-37;18-14-13-15(22-16(21-14)26-7-1-6-24)23(17(25)20-13)9-12-4-2-11(3-5-12)8-19-10-27/h10-13,22,37H,4-9,14-18H2,1-3H3,(H,32,41)(H,33,40)(H,38,39)(H2,31,34,35);2-5,24H,1,6-9H2,(H,20,25)(H2,18,21,22). The van der Waals surface area contributed by atoms with E-state index in [9.17, 15) is 24.3 Å². The van der Waals surface area contributed by atoms with Gasteiger partial charge in [0.2, 0.25) is 0 Å². The molecule has 4 aromatic heterocycles. The van der Waals surface area contributed by atoms with Crippen molar-refractivity contribution in [2.24, 2.45) is 4.99 Å². The summed E-state index contributed by atoms with van der Waals surface area (Å²) in [5.41, 5.74) is 15.8. The molecule has 1 atom stereocenters. The fourth-order valence-corrected chi connectivity index (χ4v) is 7.26. The first-order valence-electron chi connectivity index (χ1n) is 22.9. The highest BCUT2D eigenvalue weighted by Crippen LogP contribution is 2.21. The van der Waals surface area contributed by atoms with E-state index in [0.29, 0.717) is 61.1 Å². The number of carbonyl (C=O) groups excluding carboxylic acids is 1. The van der Waals surface area contributed by atoms with Gasteiger partial charge in [-0.2, -0.15) is 19.9 Å².